The van der Waals surface area contributed by atoms with Crippen LogP contribution >= 0.6 is 0 Å². The largest absolute Gasteiger partial charge is 0.361 e. The van der Waals surface area contributed by atoms with Gasteiger partial charge in [-0.05, 0) is 12.0 Å². The average molecular weight is 177 g/mol. The molecule has 2 nitrogen and oxygen atoms in total. The van der Waals surface area contributed by atoms with Gasteiger partial charge in [0, 0.05) is 0 Å². The molecule has 2 heteroatoms. The first-order valence-electron chi connectivity index (χ1n) is 4.82. The smallest absolute Gasteiger partial charge is 0.108 e. The van der Waals surface area contributed by atoms with Gasteiger partial charge in [0.15, 0.2) is 0 Å². The van der Waals surface area contributed by atoms with Crippen molar-refractivity contribution in [3.63, 3.8) is 0 Å². The molecule has 1 aromatic carbocycles. The number of hydrogen-bond acceptors (Lipinski definition) is 2. The van der Waals surface area contributed by atoms with Crippen LogP contribution < -0.4 is 5.32 Å². The zero-order chi connectivity index (χ0) is 9.10. The van der Waals surface area contributed by atoms with E-state index in [9.17, 15) is 0 Å². The van der Waals surface area contributed by atoms with Gasteiger partial charge in [-0.15, -0.1) is 0 Å². The van der Waals surface area contributed by atoms with Crippen molar-refractivity contribution < 1.29 is 4.74 Å². The van der Waals surface area contributed by atoms with Gasteiger partial charge in [0.25, 0.3) is 0 Å². The fourth-order valence-electron chi connectivity index (χ4n) is 1.65. The van der Waals surface area contributed by atoms with Crippen LogP contribution in [0.2, 0.25) is 0 Å². The molecule has 1 aliphatic rings. The summed E-state index contributed by atoms with van der Waals surface area (Å²) in [5.74, 6) is 0. The van der Waals surface area contributed by atoms with Gasteiger partial charge in [-0.1, -0.05) is 37.3 Å². The Balaban J connectivity index is 2.04. The highest BCUT2D eigenvalue weighted by molar-refractivity contribution is 5.19. The molecular weight excluding hydrogens is 162 g/mol. The fourth-order valence-corrected chi connectivity index (χ4v) is 1.65. The molecule has 0 radical (unpaired) electrons. The van der Waals surface area contributed by atoms with Crippen molar-refractivity contribution in [1.29, 1.82) is 0 Å². The van der Waals surface area contributed by atoms with Gasteiger partial charge in [-0.3, -0.25) is 5.32 Å². The molecule has 0 saturated carbocycles. The first kappa shape index (κ1) is 8.73. The maximum Gasteiger partial charge on any atom is 0.108 e. The van der Waals surface area contributed by atoms with Crippen molar-refractivity contribution in [2.75, 3.05) is 6.61 Å². The molecule has 1 aliphatic heterocycles. The van der Waals surface area contributed by atoms with E-state index in [4.69, 9.17) is 4.74 Å². The van der Waals surface area contributed by atoms with Crippen LogP contribution in [-0.2, 0) is 4.74 Å². The van der Waals surface area contributed by atoms with E-state index in [-0.39, 0.29) is 6.23 Å². The Morgan fingerprint density at radius 2 is 2.15 bits per heavy atom. The highest BCUT2D eigenvalue weighted by Gasteiger charge is 2.23. The zero-order valence-electron chi connectivity index (χ0n) is 7.86. The molecule has 2 rings (SSSR count). The first-order valence-corrected chi connectivity index (χ1v) is 4.82. The van der Waals surface area contributed by atoms with E-state index in [0.29, 0.717) is 6.04 Å². The molecule has 0 aliphatic carbocycles. The van der Waals surface area contributed by atoms with Crippen molar-refractivity contribution >= 4 is 0 Å². The Morgan fingerprint density at radius 1 is 1.38 bits per heavy atom. The van der Waals surface area contributed by atoms with Crippen molar-refractivity contribution in [2.24, 2.45) is 0 Å². The van der Waals surface area contributed by atoms with Crippen molar-refractivity contribution in [3.8, 4) is 0 Å². The Labute approximate surface area is 78.9 Å². The van der Waals surface area contributed by atoms with Crippen molar-refractivity contribution in [2.45, 2.75) is 25.6 Å². The van der Waals surface area contributed by atoms with E-state index in [1.54, 1.807) is 0 Å². The van der Waals surface area contributed by atoms with Gasteiger partial charge >= 0.3 is 0 Å². The van der Waals surface area contributed by atoms with Crippen LogP contribution in [0.15, 0.2) is 30.3 Å². The molecule has 0 spiro atoms. The lowest BCUT2D eigenvalue weighted by atomic mass is 10.1. The Kier molecular flexibility index (Phi) is 2.62. The van der Waals surface area contributed by atoms with E-state index >= 15 is 0 Å². The lowest BCUT2D eigenvalue weighted by Gasteiger charge is -2.10. The number of benzene rings is 1. The number of nitrogens with one attached hydrogen (secondary N) is 1. The molecule has 1 saturated heterocycles. The summed E-state index contributed by atoms with van der Waals surface area (Å²) >= 11 is 0. The van der Waals surface area contributed by atoms with Crippen LogP contribution in [-0.4, -0.2) is 12.8 Å². The van der Waals surface area contributed by atoms with Crippen molar-refractivity contribution in [1.82, 2.24) is 5.32 Å². The fraction of sp³-hybridized carbons (Fsp3) is 0.455. The lowest BCUT2D eigenvalue weighted by molar-refractivity contribution is 0.0973. The standard InChI is InChI=1S/C11H15NO/c1-2-11-12-10(8-13-11)9-6-4-3-5-7-9/h3-7,10-12H,2,8H2,1H3/t10-,11?/m1/s1. The first-order chi connectivity index (χ1) is 6.40. The summed E-state index contributed by atoms with van der Waals surface area (Å²) in [5.41, 5.74) is 1.32. The van der Waals surface area contributed by atoms with Crippen LogP contribution in [0.1, 0.15) is 24.9 Å². The van der Waals surface area contributed by atoms with Crippen molar-refractivity contribution in [3.05, 3.63) is 35.9 Å². The predicted molar refractivity (Wildman–Crippen MR) is 52.3 cm³/mol. The van der Waals surface area contributed by atoms with Gasteiger partial charge in [0.1, 0.15) is 6.23 Å². The third kappa shape index (κ3) is 1.90. The van der Waals surface area contributed by atoms with E-state index in [1.165, 1.54) is 5.56 Å². The normalized spacial score (nSPS) is 27.8. The van der Waals surface area contributed by atoms with Crippen LogP contribution in [0.5, 0.6) is 0 Å². The van der Waals surface area contributed by atoms with Gasteiger partial charge in [0.2, 0.25) is 0 Å². The second-order valence-corrected chi connectivity index (χ2v) is 3.36. The zero-order valence-corrected chi connectivity index (χ0v) is 7.86. The van der Waals surface area contributed by atoms with Crippen LogP contribution in [0.4, 0.5) is 0 Å². The minimum atomic E-state index is 0.241. The van der Waals surface area contributed by atoms with Gasteiger partial charge in [0.05, 0.1) is 12.6 Å². The van der Waals surface area contributed by atoms with E-state index in [2.05, 4.69) is 36.5 Å². The summed E-state index contributed by atoms with van der Waals surface area (Å²) in [7, 11) is 0. The quantitative estimate of drug-likeness (QED) is 0.746. The molecule has 0 bridgehead atoms. The van der Waals surface area contributed by atoms with E-state index < -0.39 is 0 Å². The Morgan fingerprint density at radius 3 is 2.77 bits per heavy atom. The molecular formula is C11H15NO. The lowest BCUT2D eigenvalue weighted by Crippen LogP contribution is -2.24. The molecule has 1 fully saturated rings. The van der Waals surface area contributed by atoms with E-state index in [1.807, 2.05) is 6.07 Å². The molecule has 0 amide bonds. The summed E-state index contributed by atoms with van der Waals surface area (Å²) in [4.78, 5) is 0. The van der Waals surface area contributed by atoms with Crippen LogP contribution in [0.3, 0.4) is 0 Å². The second kappa shape index (κ2) is 3.90. The number of rotatable bonds is 2. The summed E-state index contributed by atoms with van der Waals surface area (Å²) < 4.78 is 5.56. The third-order valence-electron chi connectivity index (χ3n) is 2.42. The molecule has 1 aromatic rings. The summed E-state index contributed by atoms with van der Waals surface area (Å²) in [6.45, 7) is 2.92. The Bertz CT molecular complexity index is 260. The minimum absolute atomic E-state index is 0.241. The molecule has 2 atom stereocenters. The van der Waals surface area contributed by atoms with E-state index in [0.717, 1.165) is 13.0 Å². The minimum Gasteiger partial charge on any atom is -0.361 e. The topological polar surface area (TPSA) is 21.3 Å². The van der Waals surface area contributed by atoms with Gasteiger partial charge in [-0.25, -0.2) is 0 Å². The molecule has 1 heterocycles. The maximum absolute atomic E-state index is 5.56. The third-order valence-corrected chi connectivity index (χ3v) is 2.42. The summed E-state index contributed by atoms with van der Waals surface area (Å²) in [6.07, 6.45) is 1.27. The summed E-state index contributed by atoms with van der Waals surface area (Å²) in [6, 6.07) is 10.8. The molecule has 70 valence electrons. The highest BCUT2D eigenvalue weighted by Crippen LogP contribution is 2.20. The Hall–Kier alpha value is -0.860. The predicted octanol–water partition coefficient (Wildman–Crippen LogP) is 2.08. The second-order valence-electron chi connectivity index (χ2n) is 3.36. The summed E-state index contributed by atoms with van der Waals surface area (Å²) in [5, 5.41) is 3.43. The average Bonchev–Trinajstić information content (AvgIpc) is 2.67. The highest BCUT2D eigenvalue weighted by atomic mass is 16.5. The monoisotopic (exact) mass is 177 g/mol. The maximum atomic E-state index is 5.56. The molecule has 13 heavy (non-hydrogen) atoms. The van der Waals surface area contributed by atoms with Gasteiger partial charge < -0.3 is 4.74 Å². The number of ether oxygens (including phenoxy) is 1. The SMILES string of the molecule is CCC1N[C@@H](c2ccccc2)CO1. The molecule has 1 N–H and O–H groups in total. The molecule has 0 aromatic heterocycles. The van der Waals surface area contributed by atoms with Gasteiger partial charge in [-0.2, -0.15) is 0 Å². The van der Waals surface area contributed by atoms with Crippen LogP contribution in [0.25, 0.3) is 0 Å². The number of hydrogen-bond donors (Lipinski definition) is 1. The van der Waals surface area contributed by atoms with Crippen LogP contribution in [0, 0.1) is 0 Å². The molecule has 1 unspecified atom stereocenters.